The van der Waals surface area contributed by atoms with Crippen molar-refractivity contribution in [2.24, 2.45) is 0 Å². The molecule has 5 heteroatoms. The summed E-state index contributed by atoms with van der Waals surface area (Å²) in [6.07, 6.45) is 0. The van der Waals surface area contributed by atoms with Crippen LogP contribution < -0.4 is 4.74 Å². The van der Waals surface area contributed by atoms with Gasteiger partial charge in [0.15, 0.2) is 0 Å². The summed E-state index contributed by atoms with van der Waals surface area (Å²) in [4.78, 5) is 4.50. The Morgan fingerprint density at radius 1 is 1.23 bits per heavy atom. The molecule has 0 spiro atoms. The highest BCUT2D eigenvalue weighted by molar-refractivity contribution is 7.98. The Morgan fingerprint density at radius 2 is 2.00 bits per heavy atom. The minimum absolute atomic E-state index is 0.411. The number of pyridine rings is 1. The molecule has 0 amide bonds. The predicted molar refractivity (Wildman–Crippen MR) is 87.0 cm³/mol. The third kappa shape index (κ3) is 3.79. The van der Waals surface area contributed by atoms with Crippen molar-refractivity contribution in [1.29, 1.82) is 5.26 Å². The molecule has 0 radical (unpaired) electrons. The Morgan fingerprint density at radius 3 is 2.68 bits per heavy atom. The van der Waals surface area contributed by atoms with Crippen molar-refractivity contribution in [3.05, 3.63) is 52.7 Å². The van der Waals surface area contributed by atoms with Crippen molar-refractivity contribution in [2.45, 2.75) is 24.3 Å². The maximum Gasteiger partial charge on any atom is 0.122 e. The molecule has 0 saturated carbocycles. The van der Waals surface area contributed by atoms with Crippen LogP contribution in [0.15, 0.2) is 35.4 Å². The second kappa shape index (κ2) is 7.83. The van der Waals surface area contributed by atoms with Crippen LogP contribution in [0.2, 0.25) is 0 Å². The summed E-state index contributed by atoms with van der Waals surface area (Å²) < 4.78 is 10.5. The number of nitriles is 1. The van der Waals surface area contributed by atoms with Crippen molar-refractivity contribution in [3.8, 4) is 11.8 Å². The van der Waals surface area contributed by atoms with E-state index >= 15 is 0 Å². The molecule has 4 nitrogen and oxygen atoms in total. The number of aryl methyl sites for hydroxylation is 1. The fourth-order valence-electron chi connectivity index (χ4n) is 2.17. The molecule has 114 valence electrons. The highest BCUT2D eigenvalue weighted by Crippen LogP contribution is 2.30. The Labute approximate surface area is 135 Å². The molecule has 1 aromatic heterocycles. The topological polar surface area (TPSA) is 55.1 Å². The van der Waals surface area contributed by atoms with Crippen LogP contribution in [0.25, 0.3) is 0 Å². The molecule has 0 atom stereocenters. The summed E-state index contributed by atoms with van der Waals surface area (Å²) >= 11 is 1.54. The normalized spacial score (nSPS) is 10.3. The summed E-state index contributed by atoms with van der Waals surface area (Å²) in [5.41, 5.74) is 3.43. The van der Waals surface area contributed by atoms with Gasteiger partial charge in [0.05, 0.1) is 19.3 Å². The molecule has 22 heavy (non-hydrogen) atoms. The zero-order chi connectivity index (χ0) is 15.9. The quantitative estimate of drug-likeness (QED) is 0.761. The van der Waals surface area contributed by atoms with Gasteiger partial charge in [0, 0.05) is 24.1 Å². The van der Waals surface area contributed by atoms with Crippen LogP contribution in [-0.4, -0.2) is 19.2 Å². The molecule has 0 saturated heterocycles. The van der Waals surface area contributed by atoms with E-state index in [1.54, 1.807) is 14.2 Å². The van der Waals surface area contributed by atoms with Crippen molar-refractivity contribution < 1.29 is 9.47 Å². The van der Waals surface area contributed by atoms with Gasteiger partial charge in [-0.2, -0.15) is 5.26 Å². The molecule has 0 unspecified atom stereocenters. The van der Waals surface area contributed by atoms with E-state index in [9.17, 15) is 5.26 Å². The van der Waals surface area contributed by atoms with Crippen molar-refractivity contribution >= 4 is 11.8 Å². The minimum Gasteiger partial charge on any atom is -0.496 e. The van der Waals surface area contributed by atoms with Gasteiger partial charge < -0.3 is 9.47 Å². The summed E-state index contributed by atoms with van der Waals surface area (Å²) in [6, 6.07) is 12.0. The first-order chi connectivity index (χ1) is 10.7. The van der Waals surface area contributed by atoms with Crippen LogP contribution in [0.1, 0.15) is 22.4 Å². The fourth-order valence-corrected chi connectivity index (χ4v) is 3.23. The molecule has 0 aliphatic heterocycles. The second-order valence-corrected chi connectivity index (χ2v) is 5.71. The fraction of sp³-hybridized carbons (Fsp3) is 0.294. The Kier molecular flexibility index (Phi) is 5.82. The van der Waals surface area contributed by atoms with E-state index < -0.39 is 0 Å². The molecular formula is C17H18N2O2S. The smallest absolute Gasteiger partial charge is 0.122 e. The molecule has 2 aromatic rings. The Balaban J connectivity index is 2.28. The van der Waals surface area contributed by atoms with Crippen molar-refractivity contribution in [3.63, 3.8) is 0 Å². The Bertz CT molecular complexity index is 696. The first kappa shape index (κ1) is 16.3. The van der Waals surface area contributed by atoms with Crippen LogP contribution in [0.4, 0.5) is 0 Å². The lowest BCUT2D eigenvalue weighted by atomic mass is 10.1. The van der Waals surface area contributed by atoms with E-state index in [0.29, 0.717) is 17.9 Å². The zero-order valence-electron chi connectivity index (χ0n) is 12.9. The van der Waals surface area contributed by atoms with Gasteiger partial charge in [0.1, 0.15) is 16.8 Å². The highest BCUT2D eigenvalue weighted by atomic mass is 32.2. The number of thioether (sulfide) groups is 1. The van der Waals surface area contributed by atoms with Gasteiger partial charge in [-0.3, -0.25) is 0 Å². The van der Waals surface area contributed by atoms with Crippen LogP contribution >= 0.6 is 11.8 Å². The number of nitrogens with zero attached hydrogens (tertiary/aromatic N) is 2. The molecule has 0 bridgehead atoms. The van der Waals surface area contributed by atoms with E-state index in [1.807, 2.05) is 37.3 Å². The third-order valence-electron chi connectivity index (χ3n) is 3.16. The number of rotatable bonds is 6. The largest absolute Gasteiger partial charge is 0.496 e. The van der Waals surface area contributed by atoms with E-state index in [-0.39, 0.29) is 0 Å². The standard InChI is InChI=1S/C17H18N2O2S/c1-12-8-14(10-20-2)15(9-18)17(19-12)22-11-13-6-4-5-7-16(13)21-3/h4-8H,10-11H2,1-3H3. The summed E-state index contributed by atoms with van der Waals surface area (Å²) in [6.45, 7) is 2.34. The minimum atomic E-state index is 0.411. The van der Waals surface area contributed by atoms with Crippen LogP contribution in [0.3, 0.4) is 0 Å². The number of benzene rings is 1. The van der Waals surface area contributed by atoms with E-state index in [2.05, 4.69) is 11.1 Å². The summed E-state index contributed by atoms with van der Waals surface area (Å²) in [5.74, 6) is 1.54. The van der Waals surface area contributed by atoms with E-state index in [1.165, 1.54) is 11.8 Å². The van der Waals surface area contributed by atoms with Gasteiger partial charge in [0.2, 0.25) is 0 Å². The molecule has 0 aliphatic carbocycles. The van der Waals surface area contributed by atoms with Gasteiger partial charge in [-0.15, -0.1) is 11.8 Å². The molecule has 0 aliphatic rings. The van der Waals surface area contributed by atoms with E-state index in [0.717, 1.165) is 27.6 Å². The third-order valence-corrected chi connectivity index (χ3v) is 4.19. The zero-order valence-corrected chi connectivity index (χ0v) is 13.7. The molecule has 1 heterocycles. The highest BCUT2D eigenvalue weighted by Gasteiger charge is 2.13. The lowest BCUT2D eigenvalue weighted by Gasteiger charge is -2.11. The average Bonchev–Trinajstić information content (AvgIpc) is 2.53. The van der Waals surface area contributed by atoms with Crippen LogP contribution in [0, 0.1) is 18.3 Å². The average molecular weight is 314 g/mol. The summed E-state index contributed by atoms with van der Waals surface area (Å²) in [7, 11) is 3.28. The molecule has 0 fully saturated rings. The first-order valence-corrected chi connectivity index (χ1v) is 7.82. The first-order valence-electron chi connectivity index (χ1n) is 6.83. The second-order valence-electron chi connectivity index (χ2n) is 4.75. The number of hydrogen-bond acceptors (Lipinski definition) is 5. The number of ether oxygens (including phenoxy) is 2. The van der Waals surface area contributed by atoms with Gasteiger partial charge in [-0.25, -0.2) is 4.98 Å². The number of para-hydroxylation sites is 1. The number of hydrogen-bond donors (Lipinski definition) is 0. The predicted octanol–water partition coefficient (Wildman–Crippen LogP) is 3.71. The summed E-state index contributed by atoms with van der Waals surface area (Å²) in [5, 5.41) is 10.2. The maximum absolute atomic E-state index is 9.43. The van der Waals surface area contributed by atoms with E-state index in [4.69, 9.17) is 9.47 Å². The lowest BCUT2D eigenvalue weighted by Crippen LogP contribution is -2.00. The molecular weight excluding hydrogens is 296 g/mol. The van der Waals surface area contributed by atoms with Gasteiger partial charge in [0.25, 0.3) is 0 Å². The molecule has 1 aromatic carbocycles. The van der Waals surface area contributed by atoms with Crippen molar-refractivity contribution in [1.82, 2.24) is 4.98 Å². The number of aromatic nitrogens is 1. The number of methoxy groups -OCH3 is 2. The van der Waals surface area contributed by atoms with Crippen LogP contribution in [0.5, 0.6) is 5.75 Å². The Hall–Kier alpha value is -2.03. The van der Waals surface area contributed by atoms with Gasteiger partial charge in [-0.05, 0) is 24.6 Å². The van der Waals surface area contributed by atoms with Gasteiger partial charge in [-0.1, -0.05) is 18.2 Å². The van der Waals surface area contributed by atoms with Crippen molar-refractivity contribution in [2.75, 3.05) is 14.2 Å². The maximum atomic E-state index is 9.43. The molecule has 2 rings (SSSR count). The SMILES string of the molecule is COCc1cc(C)nc(SCc2ccccc2OC)c1C#N. The monoisotopic (exact) mass is 314 g/mol. The van der Waals surface area contributed by atoms with Gasteiger partial charge >= 0.3 is 0 Å². The van der Waals surface area contributed by atoms with Crippen LogP contribution in [-0.2, 0) is 17.1 Å². The molecule has 0 N–H and O–H groups in total. The lowest BCUT2D eigenvalue weighted by molar-refractivity contribution is 0.184.